The van der Waals surface area contributed by atoms with Gasteiger partial charge in [0, 0.05) is 18.2 Å². The number of hydrogen-bond acceptors (Lipinski definition) is 3. The Balaban J connectivity index is 2.35. The van der Waals surface area contributed by atoms with Crippen LogP contribution in [-0.4, -0.2) is 16.5 Å². The SMILES string of the molecule is CCNCc1cc(=O)[nH]c(-c2ccccc2)n1. The fraction of sp³-hybridized carbons (Fsp3) is 0.231. The number of H-pyrrole nitrogens is 1. The third kappa shape index (κ3) is 3.01. The Morgan fingerprint density at radius 1 is 1.29 bits per heavy atom. The highest BCUT2D eigenvalue weighted by atomic mass is 16.1. The highest BCUT2D eigenvalue weighted by Gasteiger charge is 2.02. The molecule has 0 fully saturated rings. The second-order valence-corrected chi connectivity index (χ2v) is 3.73. The van der Waals surface area contributed by atoms with Gasteiger partial charge in [0.2, 0.25) is 0 Å². The van der Waals surface area contributed by atoms with Gasteiger partial charge in [-0.3, -0.25) is 4.79 Å². The maximum Gasteiger partial charge on any atom is 0.251 e. The van der Waals surface area contributed by atoms with E-state index in [0.29, 0.717) is 12.4 Å². The van der Waals surface area contributed by atoms with Gasteiger partial charge in [0.1, 0.15) is 5.82 Å². The number of hydrogen-bond donors (Lipinski definition) is 2. The van der Waals surface area contributed by atoms with E-state index in [1.807, 2.05) is 37.3 Å². The summed E-state index contributed by atoms with van der Waals surface area (Å²) < 4.78 is 0. The van der Waals surface area contributed by atoms with Gasteiger partial charge < -0.3 is 10.3 Å². The van der Waals surface area contributed by atoms with Gasteiger partial charge in [-0.1, -0.05) is 37.3 Å². The minimum absolute atomic E-state index is 0.119. The molecule has 1 heterocycles. The van der Waals surface area contributed by atoms with E-state index >= 15 is 0 Å². The molecule has 0 bridgehead atoms. The van der Waals surface area contributed by atoms with Gasteiger partial charge in [-0.25, -0.2) is 4.98 Å². The normalized spacial score (nSPS) is 10.4. The summed E-state index contributed by atoms with van der Waals surface area (Å²) in [5, 5.41) is 3.16. The largest absolute Gasteiger partial charge is 0.311 e. The van der Waals surface area contributed by atoms with Gasteiger partial charge in [0.25, 0.3) is 5.56 Å². The molecule has 4 heteroatoms. The summed E-state index contributed by atoms with van der Waals surface area (Å²) in [5.41, 5.74) is 1.56. The van der Waals surface area contributed by atoms with Crippen LogP contribution in [0.25, 0.3) is 11.4 Å². The smallest absolute Gasteiger partial charge is 0.251 e. The maximum atomic E-state index is 11.5. The molecule has 0 atom stereocenters. The fourth-order valence-electron chi connectivity index (χ4n) is 1.58. The molecule has 0 aliphatic carbocycles. The minimum Gasteiger partial charge on any atom is -0.311 e. The van der Waals surface area contributed by atoms with Crippen molar-refractivity contribution in [3.8, 4) is 11.4 Å². The molecular formula is C13H15N3O. The van der Waals surface area contributed by atoms with Crippen molar-refractivity contribution in [2.75, 3.05) is 6.54 Å². The van der Waals surface area contributed by atoms with E-state index in [0.717, 1.165) is 17.8 Å². The van der Waals surface area contributed by atoms with Gasteiger partial charge in [0.05, 0.1) is 5.69 Å². The third-order valence-electron chi connectivity index (χ3n) is 2.40. The molecule has 2 rings (SSSR count). The van der Waals surface area contributed by atoms with Crippen molar-refractivity contribution in [1.29, 1.82) is 0 Å². The van der Waals surface area contributed by atoms with Gasteiger partial charge in [0.15, 0.2) is 0 Å². The maximum absolute atomic E-state index is 11.5. The number of aromatic amines is 1. The summed E-state index contributed by atoms with van der Waals surface area (Å²) in [6.45, 7) is 3.49. The summed E-state index contributed by atoms with van der Waals surface area (Å²) in [5.74, 6) is 0.617. The molecule has 88 valence electrons. The first-order valence-corrected chi connectivity index (χ1v) is 5.66. The van der Waals surface area contributed by atoms with Crippen molar-refractivity contribution in [2.24, 2.45) is 0 Å². The molecule has 1 aromatic carbocycles. The van der Waals surface area contributed by atoms with Gasteiger partial charge >= 0.3 is 0 Å². The van der Waals surface area contributed by atoms with Crippen LogP contribution in [0.2, 0.25) is 0 Å². The lowest BCUT2D eigenvalue weighted by molar-refractivity contribution is 0.708. The average Bonchev–Trinajstić information content (AvgIpc) is 2.37. The topological polar surface area (TPSA) is 57.8 Å². The second kappa shape index (κ2) is 5.41. The quantitative estimate of drug-likeness (QED) is 0.836. The summed E-state index contributed by atoms with van der Waals surface area (Å²) >= 11 is 0. The van der Waals surface area contributed by atoms with Crippen LogP contribution in [0, 0.1) is 0 Å². The average molecular weight is 229 g/mol. The van der Waals surface area contributed by atoms with E-state index in [1.165, 1.54) is 6.07 Å². The Morgan fingerprint density at radius 2 is 2.06 bits per heavy atom. The van der Waals surface area contributed by atoms with Gasteiger partial charge in [-0.2, -0.15) is 0 Å². The molecule has 17 heavy (non-hydrogen) atoms. The van der Waals surface area contributed by atoms with Crippen LogP contribution in [0.5, 0.6) is 0 Å². The lowest BCUT2D eigenvalue weighted by atomic mass is 10.2. The van der Waals surface area contributed by atoms with Crippen molar-refractivity contribution < 1.29 is 0 Å². The van der Waals surface area contributed by atoms with E-state index in [4.69, 9.17) is 0 Å². The monoisotopic (exact) mass is 229 g/mol. The Morgan fingerprint density at radius 3 is 2.76 bits per heavy atom. The first kappa shape index (κ1) is 11.5. The van der Waals surface area contributed by atoms with Crippen molar-refractivity contribution in [1.82, 2.24) is 15.3 Å². The van der Waals surface area contributed by atoms with Crippen molar-refractivity contribution in [3.05, 3.63) is 52.4 Å². The second-order valence-electron chi connectivity index (χ2n) is 3.73. The molecule has 1 aromatic heterocycles. The van der Waals surface area contributed by atoms with Crippen LogP contribution in [0.3, 0.4) is 0 Å². The predicted octanol–water partition coefficient (Wildman–Crippen LogP) is 1.55. The van der Waals surface area contributed by atoms with E-state index in [9.17, 15) is 4.79 Å². The highest BCUT2D eigenvalue weighted by Crippen LogP contribution is 2.12. The number of nitrogens with one attached hydrogen (secondary N) is 2. The van der Waals surface area contributed by atoms with Crippen LogP contribution < -0.4 is 10.9 Å². The van der Waals surface area contributed by atoms with E-state index < -0.39 is 0 Å². The Labute approximate surface area is 99.7 Å². The molecule has 0 radical (unpaired) electrons. The van der Waals surface area contributed by atoms with Gasteiger partial charge in [-0.05, 0) is 6.54 Å². The van der Waals surface area contributed by atoms with Crippen molar-refractivity contribution >= 4 is 0 Å². The van der Waals surface area contributed by atoms with Crippen LogP contribution in [0.15, 0.2) is 41.2 Å². The number of benzene rings is 1. The minimum atomic E-state index is -0.119. The molecular weight excluding hydrogens is 214 g/mol. The molecule has 0 saturated heterocycles. The molecule has 0 saturated carbocycles. The molecule has 4 nitrogen and oxygen atoms in total. The molecule has 0 amide bonds. The Hall–Kier alpha value is -1.94. The first-order chi connectivity index (χ1) is 8.29. The summed E-state index contributed by atoms with van der Waals surface area (Å²) in [6, 6.07) is 11.2. The van der Waals surface area contributed by atoms with Crippen LogP contribution in [0.1, 0.15) is 12.6 Å². The van der Waals surface area contributed by atoms with E-state index in [-0.39, 0.29) is 5.56 Å². The molecule has 2 N–H and O–H groups in total. The molecule has 0 aliphatic rings. The lowest BCUT2D eigenvalue weighted by Crippen LogP contribution is -2.17. The Bertz CT molecular complexity index is 534. The predicted molar refractivity (Wildman–Crippen MR) is 67.7 cm³/mol. The van der Waals surface area contributed by atoms with E-state index in [2.05, 4.69) is 15.3 Å². The van der Waals surface area contributed by atoms with E-state index in [1.54, 1.807) is 0 Å². The molecule has 0 aliphatic heterocycles. The summed E-state index contributed by atoms with van der Waals surface area (Å²) in [4.78, 5) is 18.7. The standard InChI is InChI=1S/C13H15N3O/c1-2-14-9-11-8-12(17)16-13(15-11)10-6-4-3-5-7-10/h3-8,14H,2,9H2,1H3,(H,15,16,17). The zero-order valence-electron chi connectivity index (χ0n) is 9.73. The van der Waals surface area contributed by atoms with Crippen LogP contribution >= 0.6 is 0 Å². The summed E-state index contributed by atoms with van der Waals surface area (Å²) in [7, 11) is 0. The number of aromatic nitrogens is 2. The van der Waals surface area contributed by atoms with Crippen LogP contribution in [0.4, 0.5) is 0 Å². The van der Waals surface area contributed by atoms with Crippen molar-refractivity contribution in [3.63, 3.8) is 0 Å². The zero-order valence-corrected chi connectivity index (χ0v) is 9.73. The third-order valence-corrected chi connectivity index (χ3v) is 2.40. The Kier molecular flexibility index (Phi) is 3.67. The van der Waals surface area contributed by atoms with Crippen molar-refractivity contribution in [2.45, 2.75) is 13.5 Å². The highest BCUT2D eigenvalue weighted by molar-refractivity contribution is 5.54. The fourth-order valence-corrected chi connectivity index (χ4v) is 1.58. The molecule has 0 unspecified atom stereocenters. The van der Waals surface area contributed by atoms with Crippen LogP contribution in [-0.2, 0) is 6.54 Å². The van der Waals surface area contributed by atoms with Gasteiger partial charge in [-0.15, -0.1) is 0 Å². The first-order valence-electron chi connectivity index (χ1n) is 5.66. The molecule has 2 aromatic rings. The lowest BCUT2D eigenvalue weighted by Gasteiger charge is -2.04. The zero-order chi connectivity index (χ0) is 12.1. The number of rotatable bonds is 4. The molecule has 0 spiro atoms. The summed E-state index contributed by atoms with van der Waals surface area (Å²) in [6.07, 6.45) is 0. The number of nitrogens with zero attached hydrogens (tertiary/aromatic N) is 1.